The van der Waals surface area contributed by atoms with Gasteiger partial charge in [-0.15, -0.1) is 0 Å². The van der Waals surface area contributed by atoms with Crippen LogP contribution in [0.3, 0.4) is 0 Å². The first-order chi connectivity index (χ1) is 9.58. The highest BCUT2D eigenvalue weighted by Gasteiger charge is 2.12. The van der Waals surface area contributed by atoms with Crippen molar-refractivity contribution in [3.63, 3.8) is 0 Å². The standard InChI is InChI=1S/C15H18N2O3/c1-10-7-8-14(20-10)11(2)16-15(18)17-12-5-4-6-13(9-12)19-3/h4-9,11H,1-3H3,(H2,16,17,18)/t11-/m0/s1. The molecule has 0 saturated carbocycles. The molecule has 0 radical (unpaired) electrons. The van der Waals surface area contributed by atoms with Crippen molar-refractivity contribution < 1.29 is 13.9 Å². The van der Waals surface area contributed by atoms with E-state index in [4.69, 9.17) is 9.15 Å². The number of urea groups is 1. The minimum absolute atomic E-state index is 0.200. The summed E-state index contributed by atoms with van der Waals surface area (Å²) in [5.41, 5.74) is 0.671. The molecule has 0 bridgehead atoms. The van der Waals surface area contributed by atoms with Crippen molar-refractivity contribution in [1.29, 1.82) is 0 Å². The van der Waals surface area contributed by atoms with Crippen molar-refractivity contribution in [3.05, 3.63) is 47.9 Å². The molecule has 5 heteroatoms. The number of anilines is 1. The maximum atomic E-state index is 11.9. The number of carbonyl (C=O) groups excluding carboxylic acids is 1. The number of aryl methyl sites for hydroxylation is 1. The first-order valence-electron chi connectivity index (χ1n) is 6.36. The third-order valence-corrected chi connectivity index (χ3v) is 2.86. The summed E-state index contributed by atoms with van der Waals surface area (Å²) >= 11 is 0. The minimum atomic E-state index is -0.292. The van der Waals surface area contributed by atoms with Crippen LogP contribution in [0, 0.1) is 6.92 Å². The maximum Gasteiger partial charge on any atom is 0.319 e. The Morgan fingerprint density at radius 2 is 2.10 bits per heavy atom. The van der Waals surface area contributed by atoms with Gasteiger partial charge in [-0.3, -0.25) is 0 Å². The van der Waals surface area contributed by atoms with Gasteiger partial charge in [-0.1, -0.05) is 6.07 Å². The molecule has 2 amide bonds. The lowest BCUT2D eigenvalue weighted by atomic mass is 10.2. The third-order valence-electron chi connectivity index (χ3n) is 2.86. The summed E-state index contributed by atoms with van der Waals surface area (Å²) in [5, 5.41) is 5.56. The molecule has 5 nitrogen and oxygen atoms in total. The molecule has 0 aliphatic carbocycles. The van der Waals surface area contributed by atoms with E-state index < -0.39 is 0 Å². The van der Waals surface area contributed by atoms with E-state index in [0.717, 1.165) is 11.5 Å². The van der Waals surface area contributed by atoms with E-state index >= 15 is 0 Å². The lowest BCUT2D eigenvalue weighted by Crippen LogP contribution is -2.30. The molecule has 0 aliphatic heterocycles. The largest absolute Gasteiger partial charge is 0.497 e. The van der Waals surface area contributed by atoms with E-state index in [9.17, 15) is 4.79 Å². The molecule has 2 rings (SSSR count). The minimum Gasteiger partial charge on any atom is -0.497 e. The number of ether oxygens (including phenoxy) is 1. The molecule has 20 heavy (non-hydrogen) atoms. The van der Waals surface area contributed by atoms with Gasteiger partial charge in [0.15, 0.2) is 0 Å². The fourth-order valence-corrected chi connectivity index (χ4v) is 1.82. The van der Waals surface area contributed by atoms with E-state index in [-0.39, 0.29) is 12.1 Å². The Labute approximate surface area is 117 Å². The first-order valence-corrected chi connectivity index (χ1v) is 6.36. The zero-order valence-corrected chi connectivity index (χ0v) is 11.8. The molecular formula is C15H18N2O3. The van der Waals surface area contributed by atoms with Crippen molar-refractivity contribution in [1.82, 2.24) is 5.32 Å². The molecule has 0 fully saturated rings. The molecule has 106 valence electrons. The Hall–Kier alpha value is -2.43. The van der Waals surface area contributed by atoms with Crippen molar-refractivity contribution in [2.24, 2.45) is 0 Å². The summed E-state index contributed by atoms with van der Waals surface area (Å²) in [6, 6.07) is 10.4. The number of methoxy groups -OCH3 is 1. The van der Waals surface area contributed by atoms with E-state index in [1.807, 2.05) is 38.1 Å². The fraction of sp³-hybridized carbons (Fsp3) is 0.267. The van der Waals surface area contributed by atoms with Gasteiger partial charge in [-0.05, 0) is 38.1 Å². The lowest BCUT2D eigenvalue weighted by Gasteiger charge is -2.13. The summed E-state index contributed by atoms with van der Waals surface area (Å²) < 4.78 is 10.6. The number of amides is 2. The zero-order chi connectivity index (χ0) is 14.5. The smallest absolute Gasteiger partial charge is 0.319 e. The SMILES string of the molecule is COc1cccc(NC(=O)N[C@@H](C)c2ccc(C)o2)c1. The van der Waals surface area contributed by atoms with Crippen molar-refractivity contribution in [3.8, 4) is 5.75 Å². The van der Waals surface area contributed by atoms with Gasteiger partial charge in [-0.25, -0.2) is 4.79 Å². The van der Waals surface area contributed by atoms with Crippen LogP contribution in [0.4, 0.5) is 10.5 Å². The Balaban J connectivity index is 1.95. The van der Waals surface area contributed by atoms with Crippen LogP contribution in [-0.2, 0) is 0 Å². The highest BCUT2D eigenvalue weighted by Crippen LogP contribution is 2.18. The van der Waals surface area contributed by atoms with Gasteiger partial charge < -0.3 is 19.8 Å². The molecule has 0 aliphatic rings. The van der Waals surface area contributed by atoms with Crippen LogP contribution in [0.1, 0.15) is 24.5 Å². The van der Waals surface area contributed by atoms with Crippen molar-refractivity contribution in [2.75, 3.05) is 12.4 Å². The maximum absolute atomic E-state index is 11.9. The quantitative estimate of drug-likeness (QED) is 0.897. The van der Waals surface area contributed by atoms with Gasteiger partial charge in [0, 0.05) is 11.8 Å². The van der Waals surface area contributed by atoms with Gasteiger partial charge in [0.2, 0.25) is 0 Å². The van der Waals surface area contributed by atoms with Crippen LogP contribution in [0.2, 0.25) is 0 Å². The number of furan rings is 1. The second-order valence-electron chi connectivity index (χ2n) is 4.50. The molecule has 0 spiro atoms. The van der Waals surface area contributed by atoms with E-state index in [1.54, 1.807) is 19.2 Å². The topological polar surface area (TPSA) is 63.5 Å². The van der Waals surface area contributed by atoms with Gasteiger partial charge in [0.1, 0.15) is 17.3 Å². The molecule has 2 N–H and O–H groups in total. The molecule has 0 saturated heterocycles. The number of hydrogen-bond donors (Lipinski definition) is 2. The monoisotopic (exact) mass is 274 g/mol. The zero-order valence-electron chi connectivity index (χ0n) is 11.8. The van der Waals surface area contributed by atoms with Gasteiger partial charge in [0.25, 0.3) is 0 Å². The summed E-state index contributed by atoms with van der Waals surface area (Å²) in [4.78, 5) is 11.9. The Bertz CT molecular complexity index is 592. The molecule has 1 atom stereocenters. The number of benzene rings is 1. The Kier molecular flexibility index (Phi) is 4.30. The van der Waals surface area contributed by atoms with E-state index in [1.165, 1.54) is 0 Å². The van der Waals surface area contributed by atoms with Gasteiger partial charge in [-0.2, -0.15) is 0 Å². The summed E-state index contributed by atoms with van der Waals surface area (Å²) in [6.07, 6.45) is 0. The highest BCUT2D eigenvalue weighted by molar-refractivity contribution is 5.89. The molecular weight excluding hydrogens is 256 g/mol. The van der Waals surface area contributed by atoms with Crippen LogP contribution in [0.25, 0.3) is 0 Å². The highest BCUT2D eigenvalue weighted by atomic mass is 16.5. The first kappa shape index (κ1) is 14.0. The second kappa shape index (κ2) is 6.14. The molecule has 1 aromatic carbocycles. The summed E-state index contributed by atoms with van der Waals surface area (Å²) in [5.74, 6) is 2.24. The van der Waals surface area contributed by atoms with E-state index in [2.05, 4.69) is 10.6 Å². The molecule has 1 heterocycles. The predicted molar refractivity (Wildman–Crippen MR) is 77.0 cm³/mol. The van der Waals surface area contributed by atoms with Crippen LogP contribution in [0.15, 0.2) is 40.8 Å². The average molecular weight is 274 g/mol. The Morgan fingerprint density at radius 1 is 1.30 bits per heavy atom. The van der Waals surface area contributed by atoms with Gasteiger partial charge >= 0.3 is 6.03 Å². The number of carbonyl (C=O) groups is 1. The lowest BCUT2D eigenvalue weighted by molar-refractivity contribution is 0.247. The number of rotatable bonds is 4. The van der Waals surface area contributed by atoms with Crippen LogP contribution in [0.5, 0.6) is 5.75 Å². The van der Waals surface area contributed by atoms with Crippen LogP contribution < -0.4 is 15.4 Å². The summed E-state index contributed by atoms with van der Waals surface area (Å²) in [7, 11) is 1.58. The number of hydrogen-bond acceptors (Lipinski definition) is 3. The third kappa shape index (κ3) is 3.54. The average Bonchev–Trinajstić information content (AvgIpc) is 2.85. The van der Waals surface area contributed by atoms with Crippen LogP contribution in [-0.4, -0.2) is 13.1 Å². The Morgan fingerprint density at radius 3 is 2.75 bits per heavy atom. The normalized spacial score (nSPS) is 11.8. The van der Waals surface area contributed by atoms with Crippen LogP contribution >= 0.6 is 0 Å². The van der Waals surface area contributed by atoms with Crippen molar-refractivity contribution >= 4 is 11.7 Å². The molecule has 2 aromatic rings. The predicted octanol–water partition coefficient (Wildman–Crippen LogP) is 3.48. The molecule has 1 aromatic heterocycles. The second-order valence-corrected chi connectivity index (χ2v) is 4.50. The fourth-order valence-electron chi connectivity index (χ4n) is 1.82. The number of nitrogens with one attached hydrogen (secondary N) is 2. The van der Waals surface area contributed by atoms with Gasteiger partial charge in [0.05, 0.1) is 13.2 Å². The molecule has 0 unspecified atom stereocenters. The van der Waals surface area contributed by atoms with Crippen molar-refractivity contribution in [2.45, 2.75) is 19.9 Å². The summed E-state index contributed by atoms with van der Waals surface area (Å²) in [6.45, 7) is 3.73. The van der Waals surface area contributed by atoms with E-state index in [0.29, 0.717) is 11.4 Å².